The Bertz CT molecular complexity index is 1840. The number of fused-ring (bicyclic) bond motifs is 5. The van der Waals surface area contributed by atoms with Crippen LogP contribution in [-0.2, 0) is 0 Å². The first-order chi connectivity index (χ1) is 20.2. The van der Waals surface area contributed by atoms with E-state index in [9.17, 15) is 28.9 Å². The molecule has 3 aliphatic rings. The summed E-state index contributed by atoms with van der Waals surface area (Å²) >= 11 is 0. The van der Waals surface area contributed by atoms with E-state index < -0.39 is 45.7 Å². The Kier molecular flexibility index (Phi) is 5.59. The molecule has 4 aromatic rings. The van der Waals surface area contributed by atoms with Gasteiger partial charge in [-0.25, -0.2) is 4.39 Å². The molecule has 1 spiro atoms. The van der Waals surface area contributed by atoms with Crippen molar-refractivity contribution in [1.29, 1.82) is 0 Å². The number of carbonyl (C=O) groups excluding carboxylic acids is 3. The van der Waals surface area contributed by atoms with Gasteiger partial charge in [-0.2, -0.15) is 0 Å². The number of nitro groups is 1. The number of nitro benzene ring substituents is 1. The number of non-ortho nitro benzene ring substituents is 1. The smallest absolute Gasteiger partial charge is 0.269 e. The summed E-state index contributed by atoms with van der Waals surface area (Å²) in [5.74, 6) is -2.80. The van der Waals surface area contributed by atoms with Crippen molar-refractivity contribution in [2.75, 3.05) is 4.90 Å². The molecule has 3 atom stereocenters. The fourth-order valence-corrected chi connectivity index (χ4v) is 7.04. The highest BCUT2D eigenvalue weighted by atomic mass is 19.1. The van der Waals surface area contributed by atoms with Gasteiger partial charge in [-0.05, 0) is 30.7 Å². The van der Waals surface area contributed by atoms with Crippen LogP contribution in [0.4, 0.5) is 15.8 Å². The number of carbonyl (C=O) groups is 3. The lowest BCUT2D eigenvalue weighted by Crippen LogP contribution is -2.48. The summed E-state index contributed by atoms with van der Waals surface area (Å²) in [5.41, 5.74) is 1.12. The Morgan fingerprint density at radius 1 is 0.905 bits per heavy atom. The van der Waals surface area contributed by atoms with Crippen LogP contribution in [0.15, 0.2) is 97.1 Å². The third-order valence-electron chi connectivity index (χ3n) is 8.81. The number of benzene rings is 4. The minimum atomic E-state index is -1.80. The van der Waals surface area contributed by atoms with E-state index in [1.54, 1.807) is 77.7 Å². The van der Waals surface area contributed by atoms with Gasteiger partial charge in [0, 0.05) is 46.0 Å². The number of anilines is 1. The van der Waals surface area contributed by atoms with Crippen LogP contribution in [0, 0.1) is 28.3 Å². The van der Waals surface area contributed by atoms with Crippen LogP contribution in [0.25, 0.3) is 6.08 Å². The molecule has 0 bridgehead atoms. The quantitative estimate of drug-likeness (QED) is 0.125. The van der Waals surface area contributed by atoms with Gasteiger partial charge >= 0.3 is 0 Å². The second kappa shape index (κ2) is 9.14. The Labute approximate surface area is 240 Å². The molecule has 206 valence electrons. The summed E-state index contributed by atoms with van der Waals surface area (Å²) in [7, 11) is 0. The van der Waals surface area contributed by atoms with Gasteiger partial charge in [-0.1, -0.05) is 78.4 Å². The topological polar surface area (TPSA) is 97.6 Å². The van der Waals surface area contributed by atoms with Gasteiger partial charge < -0.3 is 4.90 Å². The second-order valence-electron chi connectivity index (χ2n) is 11.0. The number of Topliss-reactive ketones (excluding diaryl/α,β-unsaturated/α-hetero) is 3. The van der Waals surface area contributed by atoms with Gasteiger partial charge in [-0.3, -0.25) is 24.5 Å². The number of rotatable bonds is 4. The lowest BCUT2D eigenvalue weighted by atomic mass is 9.64. The number of aryl methyl sites for hydroxylation is 1. The highest BCUT2D eigenvalue weighted by molar-refractivity contribution is 6.32. The fraction of sp³-hybridized carbons (Fsp3) is 0.147. The van der Waals surface area contributed by atoms with Gasteiger partial charge in [0.1, 0.15) is 17.3 Å². The Morgan fingerprint density at radius 3 is 2.26 bits per heavy atom. The SMILES string of the molecule is Cc1ccc(C(=O)[C@H]2[C@H](c3cccc([N+](=O)[O-])c3)C3(C(=O)c4ccccc4C3=O)[C@@H]3C=Cc4cc(F)ccc4N32)cc1. The Morgan fingerprint density at radius 2 is 1.60 bits per heavy atom. The normalized spacial score (nSPS) is 21.3. The van der Waals surface area contributed by atoms with Gasteiger partial charge in [0.25, 0.3) is 5.69 Å². The van der Waals surface area contributed by atoms with Gasteiger partial charge in [-0.15, -0.1) is 0 Å². The van der Waals surface area contributed by atoms with Crippen molar-refractivity contribution in [3.05, 3.63) is 146 Å². The number of ketones is 3. The fourth-order valence-electron chi connectivity index (χ4n) is 7.04. The van der Waals surface area contributed by atoms with Crippen molar-refractivity contribution in [2.45, 2.75) is 24.9 Å². The predicted molar refractivity (Wildman–Crippen MR) is 154 cm³/mol. The number of hydrogen-bond acceptors (Lipinski definition) is 6. The summed E-state index contributed by atoms with van der Waals surface area (Å²) in [4.78, 5) is 56.9. The highest BCUT2D eigenvalue weighted by Crippen LogP contribution is 2.61. The maximum absolute atomic E-state index is 14.6. The highest BCUT2D eigenvalue weighted by Gasteiger charge is 2.71. The lowest BCUT2D eigenvalue weighted by molar-refractivity contribution is -0.384. The molecule has 0 amide bonds. The van der Waals surface area contributed by atoms with E-state index in [1.165, 1.54) is 30.3 Å². The summed E-state index contributed by atoms with van der Waals surface area (Å²) < 4.78 is 14.4. The van der Waals surface area contributed by atoms with Gasteiger partial charge in [0.05, 0.1) is 11.0 Å². The minimum absolute atomic E-state index is 0.220. The van der Waals surface area contributed by atoms with E-state index >= 15 is 0 Å². The number of hydrogen-bond donors (Lipinski definition) is 0. The van der Waals surface area contributed by atoms with Crippen LogP contribution in [0.5, 0.6) is 0 Å². The van der Waals surface area contributed by atoms with Crippen molar-refractivity contribution in [1.82, 2.24) is 0 Å². The molecule has 0 N–H and O–H groups in total. The van der Waals surface area contributed by atoms with Crippen LogP contribution in [0.2, 0.25) is 0 Å². The molecular weight excluding hydrogens is 535 g/mol. The summed E-state index contributed by atoms with van der Waals surface area (Å²) in [6.07, 6.45) is 3.37. The summed E-state index contributed by atoms with van der Waals surface area (Å²) in [6.45, 7) is 1.90. The molecule has 1 fully saturated rings. The zero-order chi connectivity index (χ0) is 29.3. The molecular formula is C34H23FN2O5. The van der Waals surface area contributed by atoms with Crippen LogP contribution in [-0.4, -0.2) is 34.4 Å². The molecule has 2 heterocycles. The summed E-state index contributed by atoms with van der Waals surface area (Å²) in [6, 6.07) is 21.5. The molecule has 4 aromatic carbocycles. The number of nitrogens with zero attached hydrogens (tertiary/aromatic N) is 2. The van der Waals surface area contributed by atoms with Crippen molar-refractivity contribution >= 4 is 34.8 Å². The van der Waals surface area contributed by atoms with E-state index in [0.717, 1.165) is 5.56 Å². The summed E-state index contributed by atoms with van der Waals surface area (Å²) in [5, 5.41) is 11.9. The van der Waals surface area contributed by atoms with Crippen molar-refractivity contribution in [3.8, 4) is 0 Å². The van der Waals surface area contributed by atoms with E-state index in [1.807, 2.05) is 6.92 Å². The molecule has 7 rings (SSSR count). The van der Waals surface area contributed by atoms with Gasteiger partial charge in [0.2, 0.25) is 0 Å². The van der Waals surface area contributed by atoms with Gasteiger partial charge in [0.15, 0.2) is 17.3 Å². The molecule has 1 aliphatic carbocycles. The Hall–Kier alpha value is -5.24. The first-order valence-electron chi connectivity index (χ1n) is 13.5. The van der Waals surface area contributed by atoms with Crippen LogP contribution < -0.4 is 4.90 Å². The molecule has 1 saturated heterocycles. The molecule has 7 nitrogen and oxygen atoms in total. The average molecular weight is 559 g/mol. The van der Waals surface area contributed by atoms with Crippen molar-refractivity contribution in [2.24, 2.45) is 5.41 Å². The second-order valence-corrected chi connectivity index (χ2v) is 11.0. The van der Waals surface area contributed by atoms with Crippen LogP contribution in [0.1, 0.15) is 53.7 Å². The monoisotopic (exact) mass is 558 g/mol. The minimum Gasteiger partial charge on any atom is -0.352 e. The third kappa shape index (κ3) is 3.41. The van der Waals surface area contributed by atoms with Crippen molar-refractivity contribution in [3.63, 3.8) is 0 Å². The lowest BCUT2D eigenvalue weighted by Gasteiger charge is -2.37. The zero-order valence-corrected chi connectivity index (χ0v) is 22.4. The predicted octanol–water partition coefficient (Wildman–Crippen LogP) is 6.36. The molecule has 0 aromatic heterocycles. The zero-order valence-electron chi connectivity index (χ0n) is 22.4. The molecule has 0 radical (unpaired) electrons. The largest absolute Gasteiger partial charge is 0.352 e. The first kappa shape index (κ1) is 25.7. The van der Waals surface area contributed by atoms with E-state index in [0.29, 0.717) is 22.4 Å². The van der Waals surface area contributed by atoms with Crippen molar-refractivity contribution < 1.29 is 23.7 Å². The standard InChI is InChI=1S/C34H23FN2O5/c1-19-9-11-20(12-10-19)31(38)30-29(22-5-4-6-24(18-22)37(41)42)34(32(39)25-7-2-3-8-26(25)33(34)40)28-16-13-21-17-23(35)14-15-27(21)36(28)30/h2-18,28-30H,1H3/t28-,29-,30+/m0/s1. The molecule has 0 unspecified atom stereocenters. The number of halogens is 1. The molecule has 0 saturated carbocycles. The van der Waals surface area contributed by atoms with Crippen LogP contribution in [0.3, 0.4) is 0 Å². The molecule has 8 heteroatoms. The van der Waals surface area contributed by atoms with Crippen LogP contribution >= 0.6 is 0 Å². The molecule has 42 heavy (non-hydrogen) atoms. The van der Waals surface area contributed by atoms with E-state index in [-0.39, 0.29) is 22.6 Å². The maximum Gasteiger partial charge on any atom is 0.269 e. The Balaban J connectivity index is 1.56. The maximum atomic E-state index is 14.6. The average Bonchev–Trinajstić information content (AvgIpc) is 3.43. The van der Waals surface area contributed by atoms with E-state index in [4.69, 9.17) is 0 Å². The molecule has 2 aliphatic heterocycles. The third-order valence-corrected chi connectivity index (χ3v) is 8.81. The first-order valence-corrected chi connectivity index (χ1v) is 13.5. The van der Waals surface area contributed by atoms with E-state index in [2.05, 4.69) is 0 Å².